The van der Waals surface area contributed by atoms with Crippen LogP contribution < -0.4 is 5.73 Å². The number of carbonyl (C=O) groups excluding carboxylic acids is 1. The third kappa shape index (κ3) is 4.30. The van der Waals surface area contributed by atoms with E-state index in [0.717, 1.165) is 5.56 Å². The number of halogens is 1. The van der Waals surface area contributed by atoms with Crippen LogP contribution >= 0.6 is 23.4 Å². The molecule has 0 bridgehead atoms. The standard InChI is InChI=1S/C16H14ClN5O3S/c1-2-24-15(23)11-7-19-16(20-13(11)18)26-8-12-21-22-14(25-12)9-3-5-10(17)6-4-9/h3-7H,2,8H2,1H3,(H2,18,19,20). The summed E-state index contributed by atoms with van der Waals surface area (Å²) >= 11 is 7.12. The van der Waals surface area contributed by atoms with Gasteiger partial charge in [-0.25, -0.2) is 14.8 Å². The molecule has 0 saturated carbocycles. The average Bonchev–Trinajstić information content (AvgIpc) is 3.10. The lowest BCUT2D eigenvalue weighted by molar-refractivity contribution is 0.0526. The number of anilines is 1. The number of nitrogens with zero attached hydrogens (tertiary/aromatic N) is 4. The minimum Gasteiger partial charge on any atom is -0.462 e. The number of rotatable bonds is 6. The van der Waals surface area contributed by atoms with Gasteiger partial charge in [0.2, 0.25) is 11.8 Å². The summed E-state index contributed by atoms with van der Waals surface area (Å²) in [6.07, 6.45) is 1.34. The molecular formula is C16H14ClN5O3S. The van der Waals surface area contributed by atoms with E-state index in [-0.39, 0.29) is 18.0 Å². The van der Waals surface area contributed by atoms with Crippen molar-refractivity contribution in [3.05, 3.63) is 46.9 Å². The van der Waals surface area contributed by atoms with E-state index in [1.807, 2.05) is 0 Å². The Bertz CT molecular complexity index is 917. The van der Waals surface area contributed by atoms with Crippen LogP contribution in [0.4, 0.5) is 5.82 Å². The molecule has 2 aromatic heterocycles. The van der Waals surface area contributed by atoms with Crippen molar-refractivity contribution in [1.29, 1.82) is 0 Å². The van der Waals surface area contributed by atoms with Crippen LogP contribution in [0.25, 0.3) is 11.5 Å². The zero-order chi connectivity index (χ0) is 18.5. The van der Waals surface area contributed by atoms with Crippen LogP contribution in [0.2, 0.25) is 5.02 Å². The molecule has 0 aliphatic rings. The number of nitrogen functional groups attached to an aromatic ring is 1. The van der Waals surface area contributed by atoms with Crippen molar-refractivity contribution < 1.29 is 13.9 Å². The second-order valence-electron chi connectivity index (χ2n) is 4.97. The number of benzene rings is 1. The molecule has 0 aliphatic heterocycles. The molecule has 0 aliphatic carbocycles. The van der Waals surface area contributed by atoms with Gasteiger partial charge in [0, 0.05) is 16.8 Å². The van der Waals surface area contributed by atoms with E-state index in [1.54, 1.807) is 31.2 Å². The van der Waals surface area contributed by atoms with Crippen LogP contribution in [0, 0.1) is 0 Å². The van der Waals surface area contributed by atoms with Crippen LogP contribution in [-0.2, 0) is 10.5 Å². The summed E-state index contributed by atoms with van der Waals surface area (Å²) in [6.45, 7) is 1.96. The lowest BCUT2D eigenvalue weighted by atomic mass is 10.2. The highest BCUT2D eigenvalue weighted by molar-refractivity contribution is 7.98. The normalized spacial score (nSPS) is 10.7. The Hall–Kier alpha value is -2.65. The average molecular weight is 392 g/mol. The van der Waals surface area contributed by atoms with E-state index >= 15 is 0 Å². The maximum atomic E-state index is 11.7. The molecule has 0 saturated heterocycles. The van der Waals surface area contributed by atoms with E-state index in [1.165, 1.54) is 18.0 Å². The molecule has 2 heterocycles. The molecular weight excluding hydrogens is 378 g/mol. The van der Waals surface area contributed by atoms with Crippen molar-refractivity contribution in [2.24, 2.45) is 0 Å². The van der Waals surface area contributed by atoms with E-state index in [0.29, 0.717) is 27.7 Å². The Morgan fingerprint density at radius 2 is 2.08 bits per heavy atom. The highest BCUT2D eigenvalue weighted by Gasteiger charge is 2.15. The first-order valence-electron chi connectivity index (χ1n) is 7.57. The van der Waals surface area contributed by atoms with Gasteiger partial charge in [-0.3, -0.25) is 0 Å². The number of ether oxygens (including phenoxy) is 1. The van der Waals surface area contributed by atoms with Crippen LogP contribution in [0.3, 0.4) is 0 Å². The topological polar surface area (TPSA) is 117 Å². The number of thioether (sulfide) groups is 1. The zero-order valence-electron chi connectivity index (χ0n) is 13.7. The number of esters is 1. The van der Waals surface area contributed by atoms with Gasteiger partial charge in [0.05, 0.1) is 12.4 Å². The summed E-state index contributed by atoms with van der Waals surface area (Å²) in [5.74, 6) is 0.685. The first-order chi connectivity index (χ1) is 12.6. The number of hydrogen-bond donors (Lipinski definition) is 1. The van der Waals surface area contributed by atoms with Gasteiger partial charge in [0.25, 0.3) is 0 Å². The maximum absolute atomic E-state index is 11.7. The van der Waals surface area contributed by atoms with Crippen LogP contribution in [0.1, 0.15) is 23.2 Å². The summed E-state index contributed by atoms with van der Waals surface area (Å²) in [5, 5.41) is 9.02. The predicted molar refractivity (Wildman–Crippen MR) is 96.7 cm³/mol. The smallest absolute Gasteiger partial charge is 0.343 e. The Morgan fingerprint density at radius 1 is 1.31 bits per heavy atom. The Morgan fingerprint density at radius 3 is 2.77 bits per heavy atom. The van der Waals surface area contributed by atoms with Gasteiger partial charge in [0.15, 0.2) is 5.16 Å². The predicted octanol–water partition coefficient (Wildman–Crippen LogP) is 3.23. The number of carbonyl (C=O) groups is 1. The van der Waals surface area contributed by atoms with Gasteiger partial charge in [-0.05, 0) is 31.2 Å². The van der Waals surface area contributed by atoms with Crippen molar-refractivity contribution in [3.63, 3.8) is 0 Å². The quantitative estimate of drug-likeness (QED) is 0.383. The van der Waals surface area contributed by atoms with Gasteiger partial charge in [-0.15, -0.1) is 10.2 Å². The molecule has 1 aromatic carbocycles. The molecule has 2 N–H and O–H groups in total. The van der Waals surface area contributed by atoms with Crippen LogP contribution in [-0.4, -0.2) is 32.7 Å². The van der Waals surface area contributed by atoms with Crippen molar-refractivity contribution >= 4 is 35.1 Å². The van der Waals surface area contributed by atoms with Crippen molar-refractivity contribution in [2.75, 3.05) is 12.3 Å². The van der Waals surface area contributed by atoms with Gasteiger partial charge in [-0.2, -0.15) is 0 Å². The summed E-state index contributed by atoms with van der Waals surface area (Å²) in [7, 11) is 0. The second kappa shape index (κ2) is 8.15. The van der Waals surface area contributed by atoms with Gasteiger partial charge >= 0.3 is 5.97 Å². The Kier molecular flexibility index (Phi) is 5.69. The molecule has 10 heteroatoms. The Balaban J connectivity index is 1.65. The van der Waals surface area contributed by atoms with Gasteiger partial charge in [0.1, 0.15) is 11.4 Å². The van der Waals surface area contributed by atoms with E-state index in [4.69, 9.17) is 26.5 Å². The third-order valence-corrected chi connectivity index (χ3v) is 4.27. The Labute approximate surface area is 158 Å². The number of aromatic nitrogens is 4. The van der Waals surface area contributed by atoms with Crippen LogP contribution in [0.15, 0.2) is 40.0 Å². The molecule has 3 aromatic rings. The lowest BCUT2D eigenvalue weighted by Gasteiger charge is -2.05. The fourth-order valence-electron chi connectivity index (χ4n) is 1.96. The SMILES string of the molecule is CCOC(=O)c1cnc(SCc2nnc(-c3ccc(Cl)cc3)o2)nc1N. The summed E-state index contributed by atoms with van der Waals surface area (Å²) < 4.78 is 10.5. The van der Waals surface area contributed by atoms with Crippen molar-refractivity contribution in [2.45, 2.75) is 17.8 Å². The number of hydrogen-bond acceptors (Lipinski definition) is 9. The monoisotopic (exact) mass is 391 g/mol. The van der Waals surface area contributed by atoms with E-state index in [9.17, 15) is 4.79 Å². The number of nitrogens with two attached hydrogens (primary N) is 1. The molecule has 0 radical (unpaired) electrons. The van der Waals surface area contributed by atoms with Crippen molar-refractivity contribution in [3.8, 4) is 11.5 Å². The molecule has 0 atom stereocenters. The molecule has 0 spiro atoms. The molecule has 8 nitrogen and oxygen atoms in total. The minimum atomic E-state index is -0.550. The van der Waals surface area contributed by atoms with Crippen molar-refractivity contribution in [1.82, 2.24) is 20.2 Å². The first-order valence-corrected chi connectivity index (χ1v) is 8.94. The fraction of sp³-hybridized carbons (Fsp3) is 0.188. The minimum absolute atomic E-state index is 0.0633. The van der Waals surface area contributed by atoms with Gasteiger partial charge in [-0.1, -0.05) is 23.4 Å². The first kappa shape index (κ1) is 18.2. The molecule has 0 unspecified atom stereocenters. The summed E-state index contributed by atoms with van der Waals surface area (Å²) in [4.78, 5) is 19.9. The summed E-state index contributed by atoms with van der Waals surface area (Å²) in [5.41, 5.74) is 6.70. The molecule has 26 heavy (non-hydrogen) atoms. The molecule has 3 rings (SSSR count). The van der Waals surface area contributed by atoms with E-state index < -0.39 is 5.97 Å². The fourth-order valence-corrected chi connectivity index (χ4v) is 2.75. The molecule has 0 fully saturated rings. The lowest BCUT2D eigenvalue weighted by Crippen LogP contribution is -2.10. The second-order valence-corrected chi connectivity index (χ2v) is 6.35. The zero-order valence-corrected chi connectivity index (χ0v) is 15.3. The summed E-state index contributed by atoms with van der Waals surface area (Å²) in [6, 6.07) is 7.09. The highest BCUT2D eigenvalue weighted by Crippen LogP contribution is 2.24. The molecule has 134 valence electrons. The van der Waals surface area contributed by atoms with E-state index in [2.05, 4.69) is 20.2 Å². The molecule has 0 amide bonds. The third-order valence-electron chi connectivity index (χ3n) is 3.17. The van der Waals surface area contributed by atoms with Crippen LogP contribution in [0.5, 0.6) is 0 Å². The largest absolute Gasteiger partial charge is 0.462 e. The van der Waals surface area contributed by atoms with Gasteiger partial charge < -0.3 is 14.9 Å². The highest BCUT2D eigenvalue weighted by atomic mass is 35.5. The maximum Gasteiger partial charge on any atom is 0.343 e.